The molecular formula is C19H29N3O2. The summed E-state index contributed by atoms with van der Waals surface area (Å²) in [5, 5.41) is 0. The first kappa shape index (κ1) is 17.4. The number of benzene rings is 1. The largest absolute Gasteiger partial charge is 0.372 e. The van der Waals surface area contributed by atoms with Crippen LogP contribution in [0.1, 0.15) is 25.3 Å². The number of carbonyl (C=O) groups excluding carboxylic acids is 1. The normalized spacial score (nSPS) is 31.4. The molecule has 5 nitrogen and oxygen atoms in total. The first-order valence-corrected chi connectivity index (χ1v) is 8.97. The van der Waals surface area contributed by atoms with Crippen LogP contribution in [0.25, 0.3) is 0 Å². The molecule has 0 aliphatic carbocycles. The summed E-state index contributed by atoms with van der Waals surface area (Å²) in [5.41, 5.74) is 7.33. The SMILES string of the molecule is CC1CN(C(=O)CN2C[C@@H](CN)[C@H](c3ccccc3)C2)CC(C)O1. The molecule has 5 heteroatoms. The zero-order valence-electron chi connectivity index (χ0n) is 14.7. The summed E-state index contributed by atoms with van der Waals surface area (Å²) in [4.78, 5) is 16.9. The first-order valence-electron chi connectivity index (χ1n) is 8.97. The van der Waals surface area contributed by atoms with Gasteiger partial charge in [0, 0.05) is 32.1 Å². The van der Waals surface area contributed by atoms with Crippen LogP contribution in [0.3, 0.4) is 0 Å². The van der Waals surface area contributed by atoms with Crippen molar-refractivity contribution in [1.82, 2.24) is 9.80 Å². The summed E-state index contributed by atoms with van der Waals surface area (Å²) in [6, 6.07) is 10.5. The maximum Gasteiger partial charge on any atom is 0.236 e. The standard InChI is InChI=1S/C19H29N3O2/c1-14-9-22(10-15(2)24-14)19(23)13-21-11-17(8-20)18(12-21)16-6-4-3-5-7-16/h3-7,14-15,17-18H,8-13,20H2,1-2H3/t14?,15?,17-,18+/m1/s1. The summed E-state index contributed by atoms with van der Waals surface area (Å²) in [7, 11) is 0. The van der Waals surface area contributed by atoms with Gasteiger partial charge in [-0.1, -0.05) is 30.3 Å². The molecule has 0 aromatic heterocycles. The van der Waals surface area contributed by atoms with E-state index < -0.39 is 0 Å². The fraction of sp³-hybridized carbons (Fsp3) is 0.632. The second-order valence-corrected chi connectivity index (χ2v) is 7.26. The second kappa shape index (κ2) is 7.64. The minimum Gasteiger partial charge on any atom is -0.372 e. The molecule has 0 spiro atoms. The first-order chi connectivity index (χ1) is 11.6. The van der Waals surface area contributed by atoms with E-state index in [0.717, 1.165) is 13.1 Å². The number of carbonyl (C=O) groups is 1. The van der Waals surface area contributed by atoms with Gasteiger partial charge in [0.1, 0.15) is 0 Å². The van der Waals surface area contributed by atoms with E-state index in [9.17, 15) is 4.79 Å². The lowest BCUT2D eigenvalue weighted by atomic mass is 9.89. The fourth-order valence-electron chi connectivity index (χ4n) is 4.08. The van der Waals surface area contributed by atoms with Crippen molar-refractivity contribution in [3.05, 3.63) is 35.9 Å². The number of nitrogens with zero attached hydrogens (tertiary/aromatic N) is 2. The van der Waals surface area contributed by atoms with Crippen molar-refractivity contribution in [2.45, 2.75) is 32.0 Å². The van der Waals surface area contributed by atoms with Crippen LogP contribution in [0.2, 0.25) is 0 Å². The Bertz CT molecular complexity index is 541. The highest BCUT2D eigenvalue weighted by Crippen LogP contribution is 2.31. The highest BCUT2D eigenvalue weighted by atomic mass is 16.5. The zero-order chi connectivity index (χ0) is 17.1. The van der Waals surface area contributed by atoms with E-state index in [1.165, 1.54) is 5.56 Å². The molecule has 2 saturated heterocycles. The molecule has 1 aromatic carbocycles. The molecule has 2 aliphatic heterocycles. The molecular weight excluding hydrogens is 302 g/mol. The maximum atomic E-state index is 12.7. The molecule has 1 amide bonds. The van der Waals surface area contributed by atoms with Gasteiger partial charge in [0.25, 0.3) is 0 Å². The van der Waals surface area contributed by atoms with Gasteiger partial charge in [0.05, 0.1) is 18.8 Å². The van der Waals surface area contributed by atoms with Gasteiger partial charge in [-0.15, -0.1) is 0 Å². The molecule has 2 heterocycles. The van der Waals surface area contributed by atoms with Gasteiger partial charge in [-0.25, -0.2) is 0 Å². The molecule has 4 atom stereocenters. The van der Waals surface area contributed by atoms with Gasteiger partial charge in [0.15, 0.2) is 0 Å². The number of rotatable bonds is 4. The molecule has 24 heavy (non-hydrogen) atoms. The number of hydrogen-bond acceptors (Lipinski definition) is 4. The molecule has 2 aliphatic rings. The highest BCUT2D eigenvalue weighted by Gasteiger charge is 2.35. The lowest BCUT2D eigenvalue weighted by Crippen LogP contribution is -2.50. The maximum absolute atomic E-state index is 12.7. The fourth-order valence-corrected chi connectivity index (χ4v) is 4.08. The molecule has 132 valence electrons. The third-order valence-electron chi connectivity index (χ3n) is 5.18. The predicted octanol–water partition coefficient (Wildman–Crippen LogP) is 1.30. The zero-order valence-corrected chi connectivity index (χ0v) is 14.7. The van der Waals surface area contributed by atoms with Gasteiger partial charge in [-0.2, -0.15) is 0 Å². The van der Waals surface area contributed by atoms with Gasteiger partial charge >= 0.3 is 0 Å². The van der Waals surface area contributed by atoms with Crippen LogP contribution < -0.4 is 5.73 Å². The number of morpholine rings is 1. The topological polar surface area (TPSA) is 58.8 Å². The number of ether oxygens (including phenoxy) is 1. The lowest BCUT2D eigenvalue weighted by Gasteiger charge is -2.36. The Balaban J connectivity index is 1.61. The number of hydrogen-bond donors (Lipinski definition) is 1. The molecule has 2 fully saturated rings. The Hall–Kier alpha value is -1.43. The van der Waals surface area contributed by atoms with Crippen LogP contribution in [-0.2, 0) is 9.53 Å². The summed E-state index contributed by atoms with van der Waals surface area (Å²) >= 11 is 0. The van der Waals surface area contributed by atoms with Gasteiger partial charge < -0.3 is 15.4 Å². The van der Waals surface area contributed by atoms with Crippen molar-refractivity contribution in [1.29, 1.82) is 0 Å². The Morgan fingerprint density at radius 3 is 2.42 bits per heavy atom. The quantitative estimate of drug-likeness (QED) is 0.903. The Kier molecular flexibility index (Phi) is 5.54. The van der Waals surface area contributed by atoms with Crippen molar-refractivity contribution in [2.75, 3.05) is 39.3 Å². The van der Waals surface area contributed by atoms with E-state index in [2.05, 4.69) is 29.2 Å². The summed E-state index contributed by atoms with van der Waals surface area (Å²) in [6.07, 6.45) is 0.232. The Morgan fingerprint density at radius 1 is 1.12 bits per heavy atom. The summed E-state index contributed by atoms with van der Waals surface area (Å²) in [6.45, 7) is 8.40. The summed E-state index contributed by atoms with van der Waals surface area (Å²) < 4.78 is 5.72. The minimum atomic E-state index is 0.116. The molecule has 2 N–H and O–H groups in total. The minimum absolute atomic E-state index is 0.116. The average molecular weight is 331 g/mol. The smallest absolute Gasteiger partial charge is 0.236 e. The number of nitrogens with two attached hydrogens (primary N) is 1. The van der Waals surface area contributed by atoms with Crippen LogP contribution >= 0.6 is 0 Å². The summed E-state index contributed by atoms with van der Waals surface area (Å²) in [5.74, 6) is 1.05. The van der Waals surface area contributed by atoms with E-state index in [1.807, 2.05) is 24.8 Å². The molecule has 0 radical (unpaired) electrons. The molecule has 0 saturated carbocycles. The van der Waals surface area contributed by atoms with Crippen LogP contribution in [0, 0.1) is 5.92 Å². The van der Waals surface area contributed by atoms with Gasteiger partial charge in [0.2, 0.25) is 5.91 Å². The van der Waals surface area contributed by atoms with E-state index in [0.29, 0.717) is 38.0 Å². The molecule has 3 rings (SSSR count). The third-order valence-corrected chi connectivity index (χ3v) is 5.18. The second-order valence-electron chi connectivity index (χ2n) is 7.26. The predicted molar refractivity (Wildman–Crippen MR) is 94.8 cm³/mol. The van der Waals surface area contributed by atoms with Crippen LogP contribution in [0.5, 0.6) is 0 Å². The third kappa shape index (κ3) is 3.97. The Labute approximate surface area is 144 Å². The lowest BCUT2D eigenvalue weighted by molar-refractivity contribution is -0.144. The van der Waals surface area contributed by atoms with Crippen molar-refractivity contribution in [3.8, 4) is 0 Å². The monoisotopic (exact) mass is 331 g/mol. The van der Waals surface area contributed by atoms with Crippen molar-refractivity contribution in [2.24, 2.45) is 11.7 Å². The highest BCUT2D eigenvalue weighted by molar-refractivity contribution is 5.78. The van der Waals surface area contributed by atoms with Crippen LogP contribution in [0.15, 0.2) is 30.3 Å². The van der Waals surface area contributed by atoms with Crippen LogP contribution in [-0.4, -0.2) is 67.2 Å². The van der Waals surface area contributed by atoms with E-state index in [1.54, 1.807) is 0 Å². The van der Waals surface area contributed by atoms with E-state index in [4.69, 9.17) is 10.5 Å². The average Bonchev–Trinajstić information content (AvgIpc) is 2.97. The van der Waals surface area contributed by atoms with Gasteiger partial charge in [-0.05, 0) is 31.9 Å². The van der Waals surface area contributed by atoms with E-state index in [-0.39, 0.29) is 18.1 Å². The van der Waals surface area contributed by atoms with Gasteiger partial charge in [-0.3, -0.25) is 9.69 Å². The van der Waals surface area contributed by atoms with E-state index >= 15 is 0 Å². The Morgan fingerprint density at radius 2 is 1.79 bits per heavy atom. The van der Waals surface area contributed by atoms with Crippen molar-refractivity contribution in [3.63, 3.8) is 0 Å². The molecule has 2 unspecified atom stereocenters. The molecule has 0 bridgehead atoms. The number of likely N-dealkylation sites (tertiary alicyclic amines) is 1. The number of amides is 1. The molecule has 1 aromatic rings. The van der Waals surface area contributed by atoms with Crippen molar-refractivity contribution < 1.29 is 9.53 Å². The van der Waals surface area contributed by atoms with Crippen LogP contribution in [0.4, 0.5) is 0 Å². The van der Waals surface area contributed by atoms with Crippen molar-refractivity contribution >= 4 is 5.91 Å².